The van der Waals surface area contributed by atoms with Crippen LogP contribution in [0.2, 0.25) is 0 Å². The molecule has 0 radical (unpaired) electrons. The number of benzene rings is 2. The van der Waals surface area contributed by atoms with E-state index >= 15 is 0 Å². The van der Waals surface area contributed by atoms with Gasteiger partial charge in [0.25, 0.3) is 0 Å². The lowest BCUT2D eigenvalue weighted by molar-refractivity contribution is -0.120. The van der Waals surface area contributed by atoms with Crippen molar-refractivity contribution in [1.29, 1.82) is 0 Å². The van der Waals surface area contributed by atoms with E-state index in [1.54, 1.807) is 42.5 Å². The lowest BCUT2D eigenvalue weighted by Gasteiger charge is -2.42. The van der Waals surface area contributed by atoms with Gasteiger partial charge in [-0.3, -0.25) is 9.59 Å². The highest BCUT2D eigenvalue weighted by molar-refractivity contribution is 6.06. The lowest BCUT2D eigenvalue weighted by atomic mass is 9.65. The summed E-state index contributed by atoms with van der Waals surface area (Å²) < 4.78 is 23.0. The van der Waals surface area contributed by atoms with Gasteiger partial charge in [-0.2, -0.15) is 0 Å². The van der Waals surface area contributed by atoms with E-state index in [2.05, 4.69) is 27.7 Å². The molecule has 0 saturated carbocycles. The van der Waals surface area contributed by atoms with Gasteiger partial charge < -0.3 is 18.9 Å². The van der Waals surface area contributed by atoms with Crippen molar-refractivity contribution in [2.45, 2.75) is 59.3 Å². The molecular formula is C32H34O7. The number of allylic oxidation sites excluding steroid dienone is 4. The molecule has 0 amide bonds. The molecule has 5 rings (SSSR count). The van der Waals surface area contributed by atoms with Crippen molar-refractivity contribution in [3.8, 4) is 17.2 Å². The number of carbonyl (C=O) groups excluding carboxylic acids is 3. The fourth-order valence-electron chi connectivity index (χ4n) is 5.92. The van der Waals surface area contributed by atoms with Crippen LogP contribution >= 0.6 is 0 Å². The Morgan fingerprint density at radius 1 is 0.769 bits per heavy atom. The Morgan fingerprint density at radius 3 is 1.90 bits per heavy atom. The third-order valence-corrected chi connectivity index (χ3v) is 7.63. The molecule has 0 atom stereocenters. The minimum Gasteiger partial charge on any atom is -0.496 e. The number of esters is 1. The van der Waals surface area contributed by atoms with Gasteiger partial charge in [-0.25, -0.2) is 4.79 Å². The number of para-hydroxylation sites is 1. The topological polar surface area (TPSA) is 88.1 Å². The van der Waals surface area contributed by atoms with Gasteiger partial charge in [-0.15, -0.1) is 0 Å². The molecule has 0 unspecified atom stereocenters. The first-order valence-corrected chi connectivity index (χ1v) is 13.2. The van der Waals surface area contributed by atoms with Crippen molar-refractivity contribution in [3.05, 3.63) is 76.3 Å². The van der Waals surface area contributed by atoms with E-state index in [-0.39, 0.29) is 33.7 Å². The van der Waals surface area contributed by atoms with E-state index in [1.807, 2.05) is 0 Å². The second kappa shape index (κ2) is 9.70. The molecule has 7 heteroatoms. The molecule has 1 heterocycles. The van der Waals surface area contributed by atoms with Crippen LogP contribution in [0, 0.1) is 10.8 Å². The third kappa shape index (κ3) is 4.98. The molecule has 0 N–H and O–H groups in total. The molecule has 7 nitrogen and oxygen atoms in total. The molecule has 0 spiro atoms. The van der Waals surface area contributed by atoms with Gasteiger partial charge >= 0.3 is 5.97 Å². The van der Waals surface area contributed by atoms with Crippen LogP contribution in [-0.4, -0.2) is 31.8 Å². The Bertz CT molecular complexity index is 1390. The molecule has 0 bridgehead atoms. The van der Waals surface area contributed by atoms with Gasteiger partial charge in [0.2, 0.25) is 0 Å². The smallest absolute Gasteiger partial charge is 0.347 e. The number of ketones is 2. The van der Waals surface area contributed by atoms with Crippen LogP contribution in [0.25, 0.3) is 0 Å². The second-order valence-corrected chi connectivity index (χ2v) is 12.1. The zero-order valence-electron chi connectivity index (χ0n) is 23.3. The van der Waals surface area contributed by atoms with Gasteiger partial charge in [0.05, 0.1) is 14.2 Å². The molecule has 1 aliphatic heterocycles. The zero-order valence-corrected chi connectivity index (χ0v) is 23.3. The third-order valence-electron chi connectivity index (χ3n) is 7.63. The highest BCUT2D eigenvalue weighted by Crippen LogP contribution is 2.53. The van der Waals surface area contributed by atoms with Gasteiger partial charge in [-0.05, 0) is 40.7 Å². The van der Waals surface area contributed by atoms with Crippen LogP contribution in [-0.2, 0) is 14.3 Å². The van der Waals surface area contributed by atoms with Gasteiger partial charge in [0.15, 0.2) is 23.1 Å². The Labute approximate surface area is 228 Å². The highest BCUT2D eigenvalue weighted by Gasteiger charge is 2.48. The number of Topliss-reactive ketones (excluding diaryl/α,β-unsaturated/α-hetero) is 2. The van der Waals surface area contributed by atoms with E-state index in [0.29, 0.717) is 65.4 Å². The lowest BCUT2D eigenvalue weighted by Crippen LogP contribution is -2.37. The Balaban J connectivity index is 1.58. The standard InChI is InChI=1S/C32H34O7/c1-31(2)14-20(33)28-25(16-31)38-26-17-32(3,4)15-21(34)29(26)27(28)18-11-12-23(24(13-18)37-6)39-30(35)19-9-7-8-10-22(19)36-5/h7-13,27H,14-17H2,1-6H3. The van der Waals surface area contributed by atoms with E-state index in [1.165, 1.54) is 14.2 Å². The first-order chi connectivity index (χ1) is 18.4. The summed E-state index contributed by atoms with van der Waals surface area (Å²) in [4.78, 5) is 40.0. The SMILES string of the molecule is COc1cc(C2C3=C(CC(C)(C)CC3=O)OC3=C2C(=O)CC(C)(C)C3)ccc1OC(=O)c1ccccc1OC. The first-order valence-electron chi connectivity index (χ1n) is 13.2. The number of carbonyl (C=O) groups is 3. The maximum absolute atomic E-state index is 13.5. The summed E-state index contributed by atoms with van der Waals surface area (Å²) in [7, 11) is 2.98. The summed E-state index contributed by atoms with van der Waals surface area (Å²) >= 11 is 0. The normalized spacial score (nSPS) is 20.2. The van der Waals surface area contributed by atoms with E-state index in [4.69, 9.17) is 18.9 Å². The molecule has 3 aliphatic rings. The molecule has 0 aromatic heterocycles. The summed E-state index contributed by atoms with van der Waals surface area (Å²) in [5.74, 6) is 1.06. The molecule has 204 valence electrons. The fourth-order valence-corrected chi connectivity index (χ4v) is 5.92. The average molecular weight is 531 g/mol. The number of hydrogen-bond acceptors (Lipinski definition) is 7. The van der Waals surface area contributed by atoms with Gasteiger partial charge in [-0.1, -0.05) is 45.9 Å². The number of hydrogen-bond donors (Lipinski definition) is 0. The highest BCUT2D eigenvalue weighted by atomic mass is 16.6. The molecule has 0 saturated heterocycles. The second-order valence-electron chi connectivity index (χ2n) is 12.1. The first kappa shape index (κ1) is 26.7. The Morgan fingerprint density at radius 2 is 1.33 bits per heavy atom. The van der Waals surface area contributed by atoms with Crippen LogP contribution in [0.3, 0.4) is 0 Å². The molecular weight excluding hydrogens is 496 g/mol. The van der Waals surface area contributed by atoms with Gasteiger partial charge in [0.1, 0.15) is 22.8 Å². The van der Waals surface area contributed by atoms with E-state index < -0.39 is 11.9 Å². The van der Waals surface area contributed by atoms with Crippen molar-refractivity contribution in [3.63, 3.8) is 0 Å². The van der Waals surface area contributed by atoms with Crippen LogP contribution in [0.1, 0.15) is 75.2 Å². The van der Waals surface area contributed by atoms with Crippen molar-refractivity contribution in [2.24, 2.45) is 10.8 Å². The minimum absolute atomic E-state index is 0.0129. The largest absolute Gasteiger partial charge is 0.496 e. The fraction of sp³-hybridized carbons (Fsp3) is 0.406. The summed E-state index contributed by atoms with van der Waals surface area (Å²) in [6, 6.07) is 12.0. The van der Waals surface area contributed by atoms with Crippen molar-refractivity contribution in [1.82, 2.24) is 0 Å². The van der Waals surface area contributed by atoms with Crippen molar-refractivity contribution < 1.29 is 33.3 Å². The minimum atomic E-state index is -0.589. The molecule has 2 aromatic rings. The zero-order chi connectivity index (χ0) is 28.1. The summed E-state index contributed by atoms with van der Waals surface area (Å²) in [5, 5.41) is 0. The molecule has 2 aliphatic carbocycles. The summed E-state index contributed by atoms with van der Waals surface area (Å²) in [6.45, 7) is 8.23. The number of rotatable bonds is 5. The van der Waals surface area contributed by atoms with Crippen LogP contribution in [0.5, 0.6) is 17.2 Å². The molecule has 39 heavy (non-hydrogen) atoms. The van der Waals surface area contributed by atoms with Crippen molar-refractivity contribution in [2.75, 3.05) is 14.2 Å². The number of methoxy groups -OCH3 is 2. The maximum Gasteiger partial charge on any atom is 0.347 e. The Hall–Kier alpha value is -3.87. The summed E-state index contributed by atoms with van der Waals surface area (Å²) in [6.07, 6.45) is 1.98. The monoisotopic (exact) mass is 530 g/mol. The molecule has 2 aromatic carbocycles. The van der Waals surface area contributed by atoms with Gasteiger partial charge in [0, 0.05) is 42.7 Å². The maximum atomic E-state index is 13.5. The summed E-state index contributed by atoms with van der Waals surface area (Å²) in [5.41, 5.74) is 1.62. The van der Waals surface area contributed by atoms with Crippen LogP contribution in [0.15, 0.2) is 65.1 Å². The predicted octanol–water partition coefficient (Wildman–Crippen LogP) is 6.32. The Kier molecular flexibility index (Phi) is 6.65. The average Bonchev–Trinajstić information content (AvgIpc) is 2.86. The molecule has 0 fully saturated rings. The quantitative estimate of drug-likeness (QED) is 0.330. The predicted molar refractivity (Wildman–Crippen MR) is 145 cm³/mol. The van der Waals surface area contributed by atoms with E-state index in [0.717, 1.165) is 0 Å². The van der Waals surface area contributed by atoms with Crippen LogP contribution < -0.4 is 14.2 Å². The van der Waals surface area contributed by atoms with Crippen LogP contribution in [0.4, 0.5) is 0 Å². The van der Waals surface area contributed by atoms with E-state index in [9.17, 15) is 14.4 Å². The number of ether oxygens (including phenoxy) is 4. The van der Waals surface area contributed by atoms with Crippen molar-refractivity contribution >= 4 is 17.5 Å².